The number of benzene rings is 1. The Hall–Kier alpha value is -1.96. The van der Waals surface area contributed by atoms with Crippen molar-refractivity contribution in [1.82, 2.24) is 20.7 Å². The molecule has 0 bridgehead atoms. The molecule has 2 atom stereocenters. The molecule has 7 heteroatoms. The summed E-state index contributed by atoms with van der Waals surface area (Å²) < 4.78 is 0. The number of hydrogen-bond donors (Lipinski definition) is 3. The number of thiazole rings is 1. The number of nitrogens with one attached hydrogen (secondary N) is 2. The maximum atomic E-state index is 12.7. The van der Waals surface area contributed by atoms with Gasteiger partial charge in [-0.1, -0.05) is 26.0 Å². The van der Waals surface area contributed by atoms with Crippen LogP contribution < -0.4 is 10.9 Å². The summed E-state index contributed by atoms with van der Waals surface area (Å²) in [5.74, 6) is 0.700. The van der Waals surface area contributed by atoms with Gasteiger partial charge in [-0.15, -0.1) is 11.3 Å². The van der Waals surface area contributed by atoms with Crippen LogP contribution in [0.1, 0.15) is 48.5 Å². The molecule has 1 amide bonds. The zero-order valence-electron chi connectivity index (χ0n) is 14.7. The van der Waals surface area contributed by atoms with Crippen molar-refractivity contribution in [2.24, 2.45) is 0 Å². The number of phenols is 1. The molecule has 0 aliphatic carbocycles. The van der Waals surface area contributed by atoms with Crippen molar-refractivity contribution in [2.75, 3.05) is 7.05 Å². The predicted molar refractivity (Wildman–Crippen MR) is 98.2 cm³/mol. The van der Waals surface area contributed by atoms with Crippen LogP contribution in [0.15, 0.2) is 29.6 Å². The van der Waals surface area contributed by atoms with E-state index in [2.05, 4.69) is 29.7 Å². The van der Waals surface area contributed by atoms with E-state index in [4.69, 9.17) is 0 Å². The lowest BCUT2D eigenvalue weighted by Crippen LogP contribution is -2.43. The van der Waals surface area contributed by atoms with E-state index in [1.54, 1.807) is 28.4 Å². The topological polar surface area (TPSA) is 77.5 Å². The van der Waals surface area contributed by atoms with E-state index in [0.29, 0.717) is 18.9 Å². The van der Waals surface area contributed by atoms with Crippen molar-refractivity contribution in [2.45, 2.75) is 44.8 Å². The van der Waals surface area contributed by atoms with Crippen LogP contribution in [0.5, 0.6) is 5.75 Å². The minimum absolute atomic E-state index is 0.0490. The Kier molecular flexibility index (Phi) is 5.36. The van der Waals surface area contributed by atoms with Gasteiger partial charge < -0.3 is 10.0 Å². The number of nitrogens with zero attached hydrogens (tertiary/aromatic N) is 2. The summed E-state index contributed by atoms with van der Waals surface area (Å²) in [6.45, 7) is 4.76. The molecule has 1 aliphatic heterocycles. The average Bonchev–Trinajstić information content (AvgIpc) is 3.24. The van der Waals surface area contributed by atoms with E-state index in [1.807, 2.05) is 24.6 Å². The van der Waals surface area contributed by atoms with Crippen molar-refractivity contribution >= 4 is 17.2 Å². The second-order valence-corrected chi connectivity index (χ2v) is 7.64. The van der Waals surface area contributed by atoms with Crippen LogP contribution in [0.3, 0.4) is 0 Å². The maximum absolute atomic E-state index is 12.7. The van der Waals surface area contributed by atoms with Crippen LogP contribution in [0.2, 0.25) is 0 Å². The number of likely N-dealkylation sites (N-methyl/N-ethyl adjacent to an activating group) is 1. The monoisotopic (exact) mass is 360 g/mol. The van der Waals surface area contributed by atoms with E-state index in [9.17, 15) is 9.90 Å². The molecule has 0 radical (unpaired) electrons. The summed E-state index contributed by atoms with van der Waals surface area (Å²) in [7, 11) is 1.81. The third-order valence-corrected chi connectivity index (χ3v) is 5.53. The third kappa shape index (κ3) is 4.18. The smallest absolute Gasteiger partial charge is 0.241 e. The molecule has 2 aromatic rings. The van der Waals surface area contributed by atoms with Crippen LogP contribution in [0.25, 0.3) is 0 Å². The van der Waals surface area contributed by atoms with E-state index in [-0.39, 0.29) is 23.7 Å². The first-order chi connectivity index (χ1) is 11.9. The third-order valence-electron chi connectivity index (χ3n) is 4.34. The predicted octanol–water partition coefficient (Wildman–Crippen LogP) is 2.54. The second-order valence-electron chi connectivity index (χ2n) is 6.75. The Bertz CT molecular complexity index is 729. The zero-order chi connectivity index (χ0) is 18.0. The molecule has 3 N–H and O–H groups in total. The second kappa shape index (κ2) is 7.51. The summed E-state index contributed by atoms with van der Waals surface area (Å²) in [6.07, 6.45) is 0.669. The Morgan fingerprint density at radius 2 is 2.08 bits per heavy atom. The highest BCUT2D eigenvalue weighted by molar-refractivity contribution is 7.09. The lowest BCUT2D eigenvalue weighted by Gasteiger charge is -2.19. The highest BCUT2D eigenvalue weighted by atomic mass is 32.1. The molecule has 1 fully saturated rings. The van der Waals surface area contributed by atoms with Gasteiger partial charge in [0.05, 0.1) is 17.2 Å². The minimum Gasteiger partial charge on any atom is -0.508 e. The zero-order valence-corrected chi connectivity index (χ0v) is 15.5. The molecule has 3 rings (SSSR count). The SMILES string of the molecule is CC(C)c1nc(CN(C)C(=O)C2CC(c3ccc(O)cc3)NN2)cs1. The molecule has 134 valence electrons. The number of carbonyl (C=O) groups is 1. The maximum Gasteiger partial charge on any atom is 0.241 e. The van der Waals surface area contributed by atoms with Crippen molar-refractivity contribution in [3.8, 4) is 5.75 Å². The summed E-state index contributed by atoms with van der Waals surface area (Å²) >= 11 is 1.64. The molecule has 2 unspecified atom stereocenters. The van der Waals surface area contributed by atoms with Gasteiger partial charge in [-0.05, 0) is 24.1 Å². The fraction of sp³-hybridized carbons (Fsp3) is 0.444. The molecule has 6 nitrogen and oxygen atoms in total. The number of hydrazine groups is 1. The largest absolute Gasteiger partial charge is 0.508 e. The minimum atomic E-state index is -0.271. The van der Waals surface area contributed by atoms with Crippen molar-refractivity contribution in [1.29, 1.82) is 0 Å². The highest BCUT2D eigenvalue weighted by Gasteiger charge is 2.32. The first-order valence-corrected chi connectivity index (χ1v) is 9.31. The van der Waals surface area contributed by atoms with Gasteiger partial charge in [0, 0.05) is 24.4 Å². The summed E-state index contributed by atoms with van der Waals surface area (Å²) in [5.41, 5.74) is 8.24. The van der Waals surface area contributed by atoms with E-state index >= 15 is 0 Å². The fourth-order valence-electron chi connectivity index (χ4n) is 2.89. The summed E-state index contributed by atoms with van der Waals surface area (Å²) in [5, 5.41) is 12.5. The highest BCUT2D eigenvalue weighted by Crippen LogP contribution is 2.25. The summed E-state index contributed by atoms with van der Waals surface area (Å²) in [6, 6.07) is 6.84. The average molecular weight is 360 g/mol. The van der Waals surface area contributed by atoms with Crippen LogP contribution in [-0.2, 0) is 11.3 Å². The molecular formula is C18H24N4O2S. The molecular weight excluding hydrogens is 336 g/mol. The molecule has 1 aromatic carbocycles. The number of aromatic hydroxyl groups is 1. The van der Waals surface area contributed by atoms with Crippen LogP contribution in [0.4, 0.5) is 0 Å². The van der Waals surface area contributed by atoms with Gasteiger partial charge in [0.15, 0.2) is 0 Å². The van der Waals surface area contributed by atoms with Crippen LogP contribution in [0, 0.1) is 0 Å². The van der Waals surface area contributed by atoms with Gasteiger partial charge in [-0.3, -0.25) is 4.79 Å². The first-order valence-electron chi connectivity index (χ1n) is 8.43. The van der Waals surface area contributed by atoms with Crippen molar-refractivity contribution in [3.05, 3.63) is 45.9 Å². The Balaban J connectivity index is 1.58. The van der Waals surface area contributed by atoms with Gasteiger partial charge >= 0.3 is 0 Å². The van der Waals surface area contributed by atoms with E-state index < -0.39 is 0 Å². The molecule has 1 aliphatic rings. The van der Waals surface area contributed by atoms with Gasteiger partial charge in [-0.2, -0.15) is 0 Å². The Morgan fingerprint density at radius 3 is 2.72 bits per heavy atom. The van der Waals surface area contributed by atoms with Gasteiger partial charge in [0.25, 0.3) is 0 Å². The number of amides is 1. The van der Waals surface area contributed by atoms with Crippen LogP contribution in [-0.4, -0.2) is 34.0 Å². The number of hydrogen-bond acceptors (Lipinski definition) is 6. The standard InChI is InChI=1S/C18H24N4O2S/c1-11(2)17-19-13(10-25-17)9-22(3)18(24)16-8-15(20-21-16)12-4-6-14(23)7-5-12/h4-7,10-11,15-16,20-21,23H,8-9H2,1-3H3. The summed E-state index contributed by atoms with van der Waals surface area (Å²) in [4.78, 5) is 19.0. The molecule has 0 saturated carbocycles. The van der Waals surface area contributed by atoms with Gasteiger partial charge in [0.2, 0.25) is 5.91 Å². The van der Waals surface area contributed by atoms with Gasteiger partial charge in [0.1, 0.15) is 11.8 Å². The number of phenolic OH excluding ortho intramolecular Hbond substituents is 1. The first kappa shape index (κ1) is 17.8. The number of rotatable bonds is 5. The normalized spacial score (nSPS) is 20.2. The molecule has 2 heterocycles. The van der Waals surface area contributed by atoms with Gasteiger partial charge in [-0.25, -0.2) is 15.8 Å². The van der Waals surface area contributed by atoms with Crippen molar-refractivity contribution < 1.29 is 9.90 Å². The van der Waals surface area contributed by atoms with Crippen LogP contribution >= 0.6 is 11.3 Å². The van der Waals surface area contributed by atoms with E-state index in [1.165, 1.54) is 0 Å². The lowest BCUT2D eigenvalue weighted by molar-refractivity contribution is -0.132. The van der Waals surface area contributed by atoms with Crippen molar-refractivity contribution in [3.63, 3.8) is 0 Å². The molecule has 25 heavy (non-hydrogen) atoms. The van der Waals surface area contributed by atoms with E-state index in [0.717, 1.165) is 16.3 Å². The Labute approximate surface area is 151 Å². The number of aromatic nitrogens is 1. The quantitative estimate of drug-likeness (QED) is 0.764. The lowest BCUT2D eigenvalue weighted by atomic mass is 10.0. The fourth-order valence-corrected chi connectivity index (χ4v) is 3.72. The Morgan fingerprint density at radius 1 is 1.36 bits per heavy atom. The molecule has 1 saturated heterocycles. The molecule has 1 aromatic heterocycles. The number of carbonyl (C=O) groups excluding carboxylic acids is 1. The molecule has 0 spiro atoms.